The molecule has 0 bridgehead atoms. The molecule has 2 amide bonds. The van der Waals surface area contributed by atoms with Gasteiger partial charge in [-0.05, 0) is 60.0 Å². The second-order valence-corrected chi connectivity index (χ2v) is 8.13. The van der Waals surface area contributed by atoms with Crippen LogP contribution in [0.5, 0.6) is 5.75 Å². The lowest BCUT2D eigenvalue weighted by Gasteiger charge is -2.29. The number of halogens is 2. The van der Waals surface area contributed by atoms with E-state index in [9.17, 15) is 14.0 Å². The Hall–Kier alpha value is -3.38. The SMILES string of the molecule is COc1ccc(CNC(=O)[C@@H](C)N(Cc2ccc(F)cc2)C(=O)Cc2ccc(Cl)cc2)cc1. The van der Waals surface area contributed by atoms with Gasteiger partial charge in [-0.1, -0.05) is 48.0 Å². The van der Waals surface area contributed by atoms with E-state index < -0.39 is 6.04 Å². The Morgan fingerprint density at radius 2 is 1.52 bits per heavy atom. The Morgan fingerprint density at radius 3 is 2.12 bits per heavy atom. The minimum atomic E-state index is -0.729. The average Bonchev–Trinajstić information content (AvgIpc) is 2.83. The summed E-state index contributed by atoms with van der Waals surface area (Å²) in [6.45, 7) is 2.19. The van der Waals surface area contributed by atoms with Crippen LogP contribution in [0.2, 0.25) is 5.02 Å². The second kappa shape index (κ2) is 11.5. The van der Waals surface area contributed by atoms with Crippen LogP contribution in [0, 0.1) is 5.82 Å². The lowest BCUT2D eigenvalue weighted by atomic mass is 10.1. The molecule has 0 aliphatic rings. The van der Waals surface area contributed by atoms with Gasteiger partial charge in [0.05, 0.1) is 13.5 Å². The largest absolute Gasteiger partial charge is 0.497 e. The molecule has 0 radical (unpaired) electrons. The Bertz CT molecular complexity index is 1070. The van der Waals surface area contributed by atoms with Gasteiger partial charge < -0.3 is 15.0 Å². The Labute approximate surface area is 198 Å². The highest BCUT2D eigenvalue weighted by molar-refractivity contribution is 6.30. The van der Waals surface area contributed by atoms with E-state index >= 15 is 0 Å². The summed E-state index contributed by atoms with van der Waals surface area (Å²) in [5.74, 6) is -0.120. The summed E-state index contributed by atoms with van der Waals surface area (Å²) in [5.41, 5.74) is 2.43. The van der Waals surface area contributed by atoms with Gasteiger partial charge in [0.2, 0.25) is 11.8 Å². The van der Waals surface area contributed by atoms with Crippen LogP contribution in [-0.2, 0) is 29.1 Å². The molecule has 0 aliphatic carbocycles. The molecule has 1 atom stereocenters. The van der Waals surface area contributed by atoms with E-state index in [4.69, 9.17) is 16.3 Å². The predicted octanol–water partition coefficient (Wildman–Crippen LogP) is 4.76. The van der Waals surface area contributed by atoms with Crippen molar-refractivity contribution in [3.8, 4) is 5.75 Å². The molecule has 0 saturated heterocycles. The molecule has 0 unspecified atom stereocenters. The lowest BCUT2D eigenvalue weighted by molar-refractivity contribution is -0.140. The highest BCUT2D eigenvalue weighted by Crippen LogP contribution is 2.16. The Morgan fingerprint density at radius 1 is 0.939 bits per heavy atom. The summed E-state index contributed by atoms with van der Waals surface area (Å²) in [4.78, 5) is 27.6. The Kier molecular flexibility index (Phi) is 8.44. The topological polar surface area (TPSA) is 58.6 Å². The fraction of sp³-hybridized carbons (Fsp3) is 0.231. The third kappa shape index (κ3) is 7.05. The van der Waals surface area contributed by atoms with E-state index in [2.05, 4.69) is 5.32 Å². The van der Waals surface area contributed by atoms with Gasteiger partial charge in [0.1, 0.15) is 17.6 Å². The zero-order valence-electron chi connectivity index (χ0n) is 18.6. The molecule has 0 aliphatic heterocycles. The summed E-state index contributed by atoms with van der Waals surface area (Å²) in [5, 5.41) is 3.47. The smallest absolute Gasteiger partial charge is 0.242 e. The van der Waals surface area contributed by atoms with E-state index in [1.807, 2.05) is 24.3 Å². The highest BCUT2D eigenvalue weighted by atomic mass is 35.5. The number of amides is 2. The van der Waals surface area contributed by atoms with Gasteiger partial charge in [-0.2, -0.15) is 0 Å². The molecule has 0 fully saturated rings. The Balaban J connectivity index is 1.72. The molecule has 0 spiro atoms. The number of benzene rings is 3. The first kappa shape index (κ1) is 24.3. The standard InChI is InChI=1S/C26H26ClFN2O3/c1-18(26(32)29-16-20-7-13-24(33-2)14-8-20)30(17-21-5-11-23(28)12-6-21)25(31)15-19-3-9-22(27)10-4-19/h3-14,18H,15-17H2,1-2H3,(H,29,32)/t18-/m1/s1. The summed E-state index contributed by atoms with van der Waals surface area (Å²) in [6.07, 6.45) is 0.120. The van der Waals surface area contributed by atoms with Crippen LogP contribution in [-0.4, -0.2) is 29.9 Å². The first-order valence-electron chi connectivity index (χ1n) is 10.5. The molecule has 172 valence electrons. The van der Waals surface area contributed by atoms with Gasteiger partial charge in [0.15, 0.2) is 0 Å². The molecule has 7 heteroatoms. The fourth-order valence-corrected chi connectivity index (χ4v) is 3.45. The van der Waals surface area contributed by atoms with E-state index in [1.54, 1.807) is 50.4 Å². The van der Waals surface area contributed by atoms with Crippen molar-refractivity contribution >= 4 is 23.4 Å². The maximum atomic E-state index is 13.3. The van der Waals surface area contributed by atoms with Crippen molar-refractivity contribution in [1.82, 2.24) is 10.2 Å². The van der Waals surface area contributed by atoms with Crippen molar-refractivity contribution in [1.29, 1.82) is 0 Å². The summed E-state index contributed by atoms with van der Waals surface area (Å²) in [6, 6.07) is 19.6. The number of hydrogen-bond acceptors (Lipinski definition) is 3. The van der Waals surface area contributed by atoms with Crippen molar-refractivity contribution in [2.24, 2.45) is 0 Å². The number of methoxy groups -OCH3 is 1. The van der Waals surface area contributed by atoms with Gasteiger partial charge >= 0.3 is 0 Å². The molecule has 0 heterocycles. The molecule has 3 aromatic carbocycles. The van der Waals surface area contributed by atoms with Crippen LogP contribution in [0.25, 0.3) is 0 Å². The molecule has 1 N–H and O–H groups in total. The average molecular weight is 469 g/mol. The van der Waals surface area contributed by atoms with Crippen LogP contribution in [0.3, 0.4) is 0 Å². The van der Waals surface area contributed by atoms with E-state index in [0.717, 1.165) is 22.4 Å². The summed E-state index contributed by atoms with van der Waals surface area (Å²) < 4.78 is 18.5. The lowest BCUT2D eigenvalue weighted by Crippen LogP contribution is -2.48. The van der Waals surface area contributed by atoms with Gasteiger partial charge in [-0.25, -0.2) is 4.39 Å². The normalized spacial score (nSPS) is 11.5. The molecule has 5 nitrogen and oxygen atoms in total. The molecule has 33 heavy (non-hydrogen) atoms. The maximum absolute atomic E-state index is 13.3. The van der Waals surface area contributed by atoms with Crippen LogP contribution in [0.1, 0.15) is 23.6 Å². The van der Waals surface area contributed by atoms with Gasteiger partial charge in [0.25, 0.3) is 0 Å². The number of ether oxygens (including phenoxy) is 1. The van der Waals surface area contributed by atoms with Crippen molar-refractivity contribution in [3.05, 3.63) is 100 Å². The second-order valence-electron chi connectivity index (χ2n) is 7.69. The maximum Gasteiger partial charge on any atom is 0.242 e. The molecule has 0 aromatic heterocycles. The first-order chi connectivity index (χ1) is 15.9. The van der Waals surface area contributed by atoms with Gasteiger partial charge in [-0.3, -0.25) is 9.59 Å². The number of rotatable bonds is 9. The minimum Gasteiger partial charge on any atom is -0.497 e. The zero-order chi connectivity index (χ0) is 23.8. The molecular formula is C26H26ClFN2O3. The molecule has 3 aromatic rings. The van der Waals surface area contributed by atoms with E-state index in [1.165, 1.54) is 17.0 Å². The van der Waals surface area contributed by atoms with Gasteiger partial charge in [-0.15, -0.1) is 0 Å². The van der Waals surface area contributed by atoms with Crippen LogP contribution < -0.4 is 10.1 Å². The van der Waals surface area contributed by atoms with Crippen LogP contribution >= 0.6 is 11.6 Å². The van der Waals surface area contributed by atoms with E-state index in [-0.39, 0.29) is 30.6 Å². The summed E-state index contributed by atoms with van der Waals surface area (Å²) in [7, 11) is 1.59. The number of carbonyl (C=O) groups is 2. The van der Waals surface area contributed by atoms with Crippen molar-refractivity contribution in [3.63, 3.8) is 0 Å². The number of nitrogens with zero attached hydrogens (tertiary/aromatic N) is 1. The number of carbonyl (C=O) groups excluding carboxylic acids is 2. The fourth-order valence-electron chi connectivity index (χ4n) is 3.33. The van der Waals surface area contributed by atoms with Crippen LogP contribution in [0.15, 0.2) is 72.8 Å². The van der Waals surface area contributed by atoms with Crippen molar-refractivity contribution < 1.29 is 18.7 Å². The predicted molar refractivity (Wildman–Crippen MR) is 126 cm³/mol. The molecular weight excluding hydrogens is 443 g/mol. The summed E-state index contributed by atoms with van der Waals surface area (Å²) >= 11 is 5.94. The quantitative estimate of drug-likeness (QED) is 0.492. The minimum absolute atomic E-state index is 0.120. The molecule has 3 rings (SSSR count). The zero-order valence-corrected chi connectivity index (χ0v) is 19.3. The number of hydrogen-bond donors (Lipinski definition) is 1. The number of nitrogens with one attached hydrogen (secondary N) is 1. The first-order valence-corrected chi connectivity index (χ1v) is 10.9. The van der Waals surface area contributed by atoms with Gasteiger partial charge in [0, 0.05) is 18.1 Å². The van der Waals surface area contributed by atoms with Crippen molar-refractivity contribution in [2.75, 3.05) is 7.11 Å². The third-order valence-electron chi connectivity index (χ3n) is 5.33. The third-order valence-corrected chi connectivity index (χ3v) is 5.58. The monoisotopic (exact) mass is 468 g/mol. The highest BCUT2D eigenvalue weighted by Gasteiger charge is 2.26. The van der Waals surface area contributed by atoms with Crippen molar-refractivity contribution in [2.45, 2.75) is 32.5 Å². The van der Waals surface area contributed by atoms with E-state index in [0.29, 0.717) is 11.6 Å². The van der Waals surface area contributed by atoms with Crippen LogP contribution in [0.4, 0.5) is 4.39 Å². The molecule has 0 saturated carbocycles.